The number of nitrogen functional groups attached to an aromatic ring is 1. The topological polar surface area (TPSA) is 76.9 Å². The first-order valence-corrected chi connectivity index (χ1v) is 7.14. The maximum atomic E-state index is 9.45. The molecule has 0 unspecified atom stereocenters. The van der Waals surface area contributed by atoms with E-state index in [1.54, 1.807) is 11.8 Å². The van der Waals surface area contributed by atoms with Crippen molar-refractivity contribution in [3.63, 3.8) is 0 Å². The van der Waals surface area contributed by atoms with E-state index in [1.807, 2.05) is 55.5 Å². The van der Waals surface area contributed by atoms with Gasteiger partial charge in [-0.1, -0.05) is 29.8 Å². The van der Waals surface area contributed by atoms with Crippen molar-refractivity contribution in [2.75, 3.05) is 12.8 Å². The standard InChI is InChI=1S/C18H16N4O/c1-12-3-5-13(6-4-12)17-16(11-19)18(20)22(21-17)14-7-9-15(23-2)10-8-14/h3-10H,20H2,1-2H3. The highest BCUT2D eigenvalue weighted by Gasteiger charge is 2.17. The molecule has 23 heavy (non-hydrogen) atoms. The van der Waals surface area contributed by atoms with E-state index in [1.165, 1.54) is 0 Å². The smallest absolute Gasteiger partial charge is 0.145 e. The van der Waals surface area contributed by atoms with Gasteiger partial charge in [-0.3, -0.25) is 0 Å². The maximum absolute atomic E-state index is 9.45. The van der Waals surface area contributed by atoms with Crippen LogP contribution in [-0.2, 0) is 0 Å². The monoisotopic (exact) mass is 304 g/mol. The minimum Gasteiger partial charge on any atom is -0.497 e. The third-order valence-electron chi connectivity index (χ3n) is 3.67. The zero-order valence-corrected chi connectivity index (χ0v) is 12.9. The number of hydrogen-bond acceptors (Lipinski definition) is 4. The molecule has 2 aromatic carbocycles. The van der Waals surface area contributed by atoms with E-state index in [0.29, 0.717) is 17.1 Å². The molecule has 0 spiro atoms. The van der Waals surface area contributed by atoms with Crippen LogP contribution in [0.3, 0.4) is 0 Å². The first-order chi connectivity index (χ1) is 11.1. The van der Waals surface area contributed by atoms with E-state index >= 15 is 0 Å². The van der Waals surface area contributed by atoms with Crippen molar-refractivity contribution < 1.29 is 4.74 Å². The number of aromatic nitrogens is 2. The lowest BCUT2D eigenvalue weighted by molar-refractivity contribution is 0.414. The largest absolute Gasteiger partial charge is 0.497 e. The molecule has 3 rings (SSSR count). The molecule has 0 aliphatic rings. The predicted molar refractivity (Wildman–Crippen MR) is 89.4 cm³/mol. The van der Waals surface area contributed by atoms with E-state index in [2.05, 4.69) is 11.2 Å². The summed E-state index contributed by atoms with van der Waals surface area (Å²) in [6.07, 6.45) is 0. The maximum Gasteiger partial charge on any atom is 0.145 e. The van der Waals surface area contributed by atoms with Crippen LogP contribution < -0.4 is 10.5 Å². The minimum atomic E-state index is 0.327. The Morgan fingerprint density at radius 3 is 2.30 bits per heavy atom. The van der Waals surface area contributed by atoms with Crippen LogP contribution >= 0.6 is 0 Å². The van der Waals surface area contributed by atoms with Crippen LogP contribution in [0.1, 0.15) is 11.1 Å². The summed E-state index contributed by atoms with van der Waals surface area (Å²) in [7, 11) is 1.61. The lowest BCUT2D eigenvalue weighted by atomic mass is 10.1. The number of anilines is 1. The van der Waals surface area contributed by atoms with Gasteiger partial charge in [0.05, 0.1) is 12.8 Å². The highest BCUT2D eigenvalue weighted by molar-refractivity contribution is 5.73. The van der Waals surface area contributed by atoms with Gasteiger partial charge >= 0.3 is 0 Å². The summed E-state index contributed by atoms with van der Waals surface area (Å²) < 4.78 is 6.73. The Kier molecular flexibility index (Phi) is 3.73. The molecule has 0 amide bonds. The number of nitrogens with zero attached hydrogens (tertiary/aromatic N) is 3. The SMILES string of the molecule is COc1ccc(-n2nc(-c3ccc(C)cc3)c(C#N)c2N)cc1. The Morgan fingerprint density at radius 2 is 1.74 bits per heavy atom. The molecule has 0 atom stereocenters. The normalized spacial score (nSPS) is 10.3. The zero-order valence-electron chi connectivity index (χ0n) is 12.9. The second kappa shape index (κ2) is 5.85. The molecule has 0 aliphatic heterocycles. The fraction of sp³-hybridized carbons (Fsp3) is 0.111. The van der Waals surface area contributed by atoms with Crippen molar-refractivity contribution in [2.45, 2.75) is 6.92 Å². The van der Waals surface area contributed by atoms with E-state index in [4.69, 9.17) is 10.5 Å². The Hall–Kier alpha value is -3.26. The molecule has 1 aromatic heterocycles. The fourth-order valence-electron chi connectivity index (χ4n) is 2.38. The van der Waals surface area contributed by atoms with Crippen molar-refractivity contribution in [3.05, 3.63) is 59.7 Å². The molecule has 0 saturated carbocycles. The van der Waals surface area contributed by atoms with Crippen molar-refractivity contribution >= 4 is 5.82 Å². The summed E-state index contributed by atoms with van der Waals surface area (Å²) in [5, 5.41) is 14.0. The quantitative estimate of drug-likeness (QED) is 0.805. The molecule has 0 aliphatic carbocycles. The van der Waals surface area contributed by atoms with Gasteiger partial charge in [0.1, 0.15) is 28.9 Å². The molecule has 114 valence electrons. The Balaban J connectivity index is 2.12. The molecule has 0 radical (unpaired) electrons. The van der Waals surface area contributed by atoms with Gasteiger partial charge in [-0.25, -0.2) is 4.68 Å². The lowest BCUT2D eigenvalue weighted by Gasteiger charge is -2.05. The number of nitrogens with two attached hydrogens (primary N) is 1. The van der Waals surface area contributed by atoms with Crippen molar-refractivity contribution in [2.24, 2.45) is 0 Å². The Morgan fingerprint density at radius 1 is 1.09 bits per heavy atom. The second-order valence-electron chi connectivity index (χ2n) is 5.20. The van der Waals surface area contributed by atoms with Crippen LogP contribution in [0.4, 0.5) is 5.82 Å². The number of ether oxygens (including phenoxy) is 1. The number of hydrogen-bond donors (Lipinski definition) is 1. The van der Waals surface area contributed by atoms with E-state index in [0.717, 1.165) is 22.6 Å². The van der Waals surface area contributed by atoms with Gasteiger partial charge in [0.25, 0.3) is 0 Å². The van der Waals surface area contributed by atoms with Crippen LogP contribution in [0.25, 0.3) is 16.9 Å². The first kappa shape index (κ1) is 14.7. The molecule has 0 saturated heterocycles. The average Bonchev–Trinajstić information content (AvgIpc) is 2.92. The highest BCUT2D eigenvalue weighted by atomic mass is 16.5. The summed E-state index contributed by atoms with van der Waals surface area (Å²) in [4.78, 5) is 0. The molecule has 1 heterocycles. The Labute approximate surface area is 134 Å². The van der Waals surface area contributed by atoms with Crippen LogP contribution in [0.15, 0.2) is 48.5 Å². The van der Waals surface area contributed by atoms with Crippen LogP contribution in [0, 0.1) is 18.3 Å². The van der Waals surface area contributed by atoms with Gasteiger partial charge in [-0.2, -0.15) is 10.4 Å². The van der Waals surface area contributed by atoms with Gasteiger partial charge in [-0.15, -0.1) is 0 Å². The molecular formula is C18H16N4O. The summed E-state index contributed by atoms with van der Waals surface area (Å²) >= 11 is 0. The van der Waals surface area contributed by atoms with Gasteiger partial charge in [0.2, 0.25) is 0 Å². The number of nitriles is 1. The fourth-order valence-corrected chi connectivity index (χ4v) is 2.38. The third-order valence-corrected chi connectivity index (χ3v) is 3.67. The second-order valence-corrected chi connectivity index (χ2v) is 5.20. The van der Waals surface area contributed by atoms with Crippen molar-refractivity contribution in [1.82, 2.24) is 9.78 Å². The predicted octanol–water partition coefficient (Wildman–Crippen LogP) is 3.31. The van der Waals surface area contributed by atoms with E-state index in [-0.39, 0.29) is 0 Å². The molecule has 0 fully saturated rings. The van der Waals surface area contributed by atoms with Gasteiger partial charge in [0, 0.05) is 5.56 Å². The first-order valence-electron chi connectivity index (χ1n) is 7.14. The number of benzene rings is 2. The summed E-state index contributed by atoms with van der Waals surface area (Å²) in [5.41, 5.74) is 9.89. The molecule has 5 heteroatoms. The van der Waals surface area contributed by atoms with E-state index < -0.39 is 0 Å². The van der Waals surface area contributed by atoms with Crippen LogP contribution in [-0.4, -0.2) is 16.9 Å². The van der Waals surface area contributed by atoms with Gasteiger partial charge < -0.3 is 10.5 Å². The third kappa shape index (κ3) is 2.62. The van der Waals surface area contributed by atoms with E-state index in [9.17, 15) is 5.26 Å². The van der Waals surface area contributed by atoms with Crippen LogP contribution in [0.5, 0.6) is 5.75 Å². The summed E-state index contributed by atoms with van der Waals surface area (Å²) in [6.45, 7) is 2.01. The average molecular weight is 304 g/mol. The molecule has 3 aromatic rings. The number of rotatable bonds is 3. The number of aryl methyl sites for hydroxylation is 1. The number of methoxy groups -OCH3 is 1. The van der Waals surface area contributed by atoms with Gasteiger partial charge in [0.15, 0.2) is 0 Å². The Bertz CT molecular complexity index is 871. The summed E-state index contributed by atoms with van der Waals surface area (Å²) in [6, 6.07) is 17.4. The van der Waals surface area contributed by atoms with Crippen molar-refractivity contribution in [1.29, 1.82) is 5.26 Å². The molecule has 0 bridgehead atoms. The molecule has 2 N–H and O–H groups in total. The van der Waals surface area contributed by atoms with Crippen molar-refractivity contribution in [3.8, 4) is 28.8 Å². The van der Waals surface area contributed by atoms with Crippen LogP contribution in [0.2, 0.25) is 0 Å². The minimum absolute atomic E-state index is 0.327. The summed E-state index contributed by atoms with van der Waals surface area (Å²) in [5.74, 6) is 1.08. The zero-order chi connectivity index (χ0) is 16.4. The van der Waals surface area contributed by atoms with Gasteiger partial charge in [-0.05, 0) is 31.2 Å². The lowest BCUT2D eigenvalue weighted by Crippen LogP contribution is -2.02. The molecular weight excluding hydrogens is 288 g/mol. The highest BCUT2D eigenvalue weighted by Crippen LogP contribution is 2.29. The molecule has 5 nitrogen and oxygen atoms in total.